The summed E-state index contributed by atoms with van der Waals surface area (Å²) in [4.78, 5) is 3.61. The van der Waals surface area contributed by atoms with Crippen LogP contribution < -0.4 is 0 Å². The number of benzene rings is 1. The SMILES string of the molecule is C=CC.CC=NC.Cc1ccccc1C. The van der Waals surface area contributed by atoms with E-state index in [1.807, 2.05) is 13.8 Å². The van der Waals surface area contributed by atoms with E-state index in [0.717, 1.165) is 0 Å². The van der Waals surface area contributed by atoms with Crippen LogP contribution in [0.3, 0.4) is 0 Å². The number of allylic oxidation sites excluding steroid dienone is 1. The second-order valence-corrected chi connectivity index (χ2v) is 3.01. The molecule has 0 fully saturated rings. The van der Waals surface area contributed by atoms with Gasteiger partial charge in [0, 0.05) is 7.05 Å². The van der Waals surface area contributed by atoms with Gasteiger partial charge in [-0.2, -0.15) is 0 Å². The van der Waals surface area contributed by atoms with E-state index in [4.69, 9.17) is 0 Å². The van der Waals surface area contributed by atoms with Crippen LogP contribution in [0.5, 0.6) is 0 Å². The highest BCUT2D eigenvalue weighted by molar-refractivity contribution is 5.52. The van der Waals surface area contributed by atoms with E-state index in [2.05, 4.69) is 49.7 Å². The van der Waals surface area contributed by atoms with Crippen molar-refractivity contribution in [3.63, 3.8) is 0 Å². The summed E-state index contributed by atoms with van der Waals surface area (Å²) in [6, 6.07) is 8.36. The molecule has 0 unspecified atom stereocenters. The summed E-state index contributed by atoms with van der Waals surface area (Å²) in [6.45, 7) is 11.4. The van der Waals surface area contributed by atoms with Gasteiger partial charge in [0.15, 0.2) is 0 Å². The standard InChI is InChI=1S/C8H10.C3H7N.C3H6/c1-7-5-3-4-6-8(7)2;1-3-4-2;1-3-2/h3-6H,1-2H3;3H,1-2H3;3H,1H2,2H3. The summed E-state index contributed by atoms with van der Waals surface area (Å²) >= 11 is 0. The summed E-state index contributed by atoms with van der Waals surface area (Å²) < 4.78 is 0. The Balaban J connectivity index is 0. The van der Waals surface area contributed by atoms with Crippen LogP contribution in [0.25, 0.3) is 0 Å². The van der Waals surface area contributed by atoms with E-state index in [1.165, 1.54) is 11.1 Å². The van der Waals surface area contributed by atoms with Crippen LogP contribution in [0.4, 0.5) is 0 Å². The first kappa shape index (κ1) is 16.1. The van der Waals surface area contributed by atoms with Crippen LogP contribution in [-0.4, -0.2) is 13.3 Å². The van der Waals surface area contributed by atoms with Crippen molar-refractivity contribution in [2.45, 2.75) is 27.7 Å². The maximum absolute atomic E-state index is 3.61. The first-order valence-corrected chi connectivity index (χ1v) is 5.10. The van der Waals surface area contributed by atoms with Crippen molar-refractivity contribution in [2.75, 3.05) is 7.05 Å². The molecule has 1 nitrogen and oxygen atoms in total. The Kier molecular flexibility index (Phi) is 13.5. The zero-order chi connectivity index (χ0) is 12.1. The molecule has 1 rings (SSSR count). The van der Waals surface area contributed by atoms with Crippen LogP contribution in [0, 0.1) is 13.8 Å². The van der Waals surface area contributed by atoms with Gasteiger partial charge in [0.1, 0.15) is 0 Å². The van der Waals surface area contributed by atoms with Crippen molar-refractivity contribution in [1.82, 2.24) is 0 Å². The maximum atomic E-state index is 3.61. The topological polar surface area (TPSA) is 12.4 Å². The predicted octanol–water partition coefficient (Wildman–Crippen LogP) is 4.20. The third kappa shape index (κ3) is 12.6. The average Bonchev–Trinajstić information content (AvgIpc) is 2.24. The van der Waals surface area contributed by atoms with Gasteiger partial charge in [-0.3, -0.25) is 0 Å². The van der Waals surface area contributed by atoms with Gasteiger partial charge in [-0.05, 0) is 45.0 Å². The Bertz CT molecular complexity index is 249. The molecule has 0 heterocycles. The lowest BCUT2D eigenvalue weighted by Gasteiger charge is -1.93. The summed E-state index contributed by atoms with van der Waals surface area (Å²) in [5.74, 6) is 0. The van der Waals surface area contributed by atoms with Crippen LogP contribution >= 0.6 is 0 Å². The first-order chi connectivity index (χ1) is 7.13. The number of nitrogens with zero attached hydrogens (tertiary/aromatic N) is 1. The summed E-state index contributed by atoms with van der Waals surface area (Å²) in [7, 11) is 1.75. The number of hydrogen-bond acceptors (Lipinski definition) is 1. The highest BCUT2D eigenvalue weighted by Crippen LogP contribution is 2.02. The molecular formula is C14H23N. The monoisotopic (exact) mass is 205 g/mol. The van der Waals surface area contributed by atoms with Crippen molar-refractivity contribution >= 4 is 6.21 Å². The quantitative estimate of drug-likeness (QED) is 0.444. The van der Waals surface area contributed by atoms with E-state index in [-0.39, 0.29) is 0 Å². The van der Waals surface area contributed by atoms with Gasteiger partial charge in [-0.15, -0.1) is 6.58 Å². The molecule has 0 spiro atoms. The fourth-order valence-corrected chi connectivity index (χ4v) is 0.663. The molecule has 0 aliphatic rings. The summed E-state index contributed by atoms with van der Waals surface area (Å²) in [5, 5.41) is 0. The highest BCUT2D eigenvalue weighted by atomic mass is 14.6. The molecule has 0 atom stereocenters. The van der Waals surface area contributed by atoms with Crippen LogP contribution in [0.1, 0.15) is 25.0 Å². The van der Waals surface area contributed by atoms with E-state index in [1.54, 1.807) is 19.3 Å². The number of aryl methyl sites for hydroxylation is 2. The molecule has 84 valence electrons. The van der Waals surface area contributed by atoms with Crippen molar-refractivity contribution in [1.29, 1.82) is 0 Å². The molecule has 0 saturated heterocycles. The fraction of sp³-hybridized carbons (Fsp3) is 0.357. The molecule has 1 aromatic rings. The Hall–Kier alpha value is -1.37. The maximum Gasteiger partial charge on any atom is 0.0273 e. The third-order valence-corrected chi connectivity index (χ3v) is 1.68. The second kappa shape index (κ2) is 12.6. The molecule has 15 heavy (non-hydrogen) atoms. The van der Waals surface area contributed by atoms with Gasteiger partial charge in [0.05, 0.1) is 0 Å². The lowest BCUT2D eigenvalue weighted by molar-refractivity contribution is 1.34. The Morgan fingerprint density at radius 3 is 1.47 bits per heavy atom. The summed E-state index contributed by atoms with van der Waals surface area (Å²) in [6.07, 6.45) is 3.50. The van der Waals surface area contributed by atoms with Gasteiger partial charge >= 0.3 is 0 Å². The second-order valence-electron chi connectivity index (χ2n) is 3.01. The zero-order valence-electron chi connectivity index (χ0n) is 10.6. The van der Waals surface area contributed by atoms with E-state index in [9.17, 15) is 0 Å². The van der Waals surface area contributed by atoms with E-state index in [0.29, 0.717) is 0 Å². The van der Waals surface area contributed by atoms with Crippen LogP contribution in [0.2, 0.25) is 0 Å². The molecule has 0 radical (unpaired) electrons. The number of rotatable bonds is 0. The van der Waals surface area contributed by atoms with Gasteiger partial charge in [-0.25, -0.2) is 0 Å². The molecule has 0 saturated carbocycles. The Labute approximate surface area is 94.6 Å². The molecule has 1 aromatic carbocycles. The number of hydrogen-bond donors (Lipinski definition) is 0. The smallest absolute Gasteiger partial charge is 0.0273 e. The van der Waals surface area contributed by atoms with E-state index >= 15 is 0 Å². The van der Waals surface area contributed by atoms with Gasteiger partial charge < -0.3 is 4.99 Å². The minimum absolute atomic E-state index is 1.37. The minimum Gasteiger partial charge on any atom is -0.301 e. The van der Waals surface area contributed by atoms with Crippen molar-refractivity contribution in [3.05, 3.63) is 48.0 Å². The lowest BCUT2D eigenvalue weighted by Crippen LogP contribution is -1.74. The normalized spacial score (nSPS) is 8.33. The highest BCUT2D eigenvalue weighted by Gasteiger charge is 1.83. The van der Waals surface area contributed by atoms with Crippen LogP contribution in [-0.2, 0) is 0 Å². The summed E-state index contributed by atoms with van der Waals surface area (Å²) in [5.41, 5.74) is 2.74. The Morgan fingerprint density at radius 2 is 1.33 bits per heavy atom. The minimum atomic E-state index is 1.37. The molecule has 0 aliphatic carbocycles. The molecular weight excluding hydrogens is 182 g/mol. The van der Waals surface area contributed by atoms with Crippen LogP contribution in [0.15, 0.2) is 41.9 Å². The van der Waals surface area contributed by atoms with Crippen molar-refractivity contribution in [2.24, 2.45) is 4.99 Å². The molecule has 0 amide bonds. The lowest BCUT2D eigenvalue weighted by atomic mass is 10.1. The molecule has 0 aliphatic heterocycles. The third-order valence-electron chi connectivity index (χ3n) is 1.68. The predicted molar refractivity (Wildman–Crippen MR) is 71.9 cm³/mol. The van der Waals surface area contributed by atoms with Crippen molar-refractivity contribution in [3.8, 4) is 0 Å². The van der Waals surface area contributed by atoms with Gasteiger partial charge in [-0.1, -0.05) is 30.3 Å². The molecule has 1 heteroatoms. The van der Waals surface area contributed by atoms with Gasteiger partial charge in [0.2, 0.25) is 0 Å². The Morgan fingerprint density at radius 1 is 1.07 bits per heavy atom. The van der Waals surface area contributed by atoms with Crippen molar-refractivity contribution < 1.29 is 0 Å². The largest absolute Gasteiger partial charge is 0.301 e. The molecule has 0 N–H and O–H groups in total. The number of aliphatic imine (C=N–C) groups is 1. The molecule has 0 aromatic heterocycles. The zero-order valence-corrected chi connectivity index (χ0v) is 10.6. The van der Waals surface area contributed by atoms with E-state index < -0.39 is 0 Å². The average molecular weight is 205 g/mol. The van der Waals surface area contributed by atoms with Gasteiger partial charge in [0.25, 0.3) is 0 Å². The molecule has 0 bridgehead atoms. The first-order valence-electron chi connectivity index (χ1n) is 5.10. The fourth-order valence-electron chi connectivity index (χ4n) is 0.663.